The van der Waals surface area contributed by atoms with E-state index in [2.05, 4.69) is 15.5 Å². The minimum Gasteiger partial charge on any atom is -0.481 e. The molecule has 2 heterocycles. The molecular weight excluding hydrogens is 363 g/mol. The van der Waals surface area contributed by atoms with Crippen molar-refractivity contribution >= 4 is 11.8 Å². The Bertz CT molecular complexity index is 891. The van der Waals surface area contributed by atoms with Crippen LogP contribution in [-0.4, -0.2) is 52.6 Å². The first-order chi connectivity index (χ1) is 13.5. The molecule has 1 atom stereocenters. The van der Waals surface area contributed by atoms with E-state index in [9.17, 15) is 14.0 Å². The SMILES string of the molecule is Cc1cccc(OCC(=O)NC2CN(C(=O)C3CCc4cn[nH]c4C3)C2)c1F. The second-order valence-corrected chi connectivity index (χ2v) is 7.50. The molecule has 1 unspecified atom stereocenters. The molecule has 4 rings (SSSR count). The highest BCUT2D eigenvalue weighted by molar-refractivity contribution is 5.82. The number of aryl methyl sites for hydroxylation is 2. The monoisotopic (exact) mass is 386 g/mol. The van der Waals surface area contributed by atoms with Gasteiger partial charge in [-0.05, 0) is 37.0 Å². The molecule has 0 spiro atoms. The Hall–Kier alpha value is -2.90. The van der Waals surface area contributed by atoms with Crippen LogP contribution in [0, 0.1) is 18.7 Å². The van der Waals surface area contributed by atoms with E-state index in [1.165, 1.54) is 11.6 Å². The fourth-order valence-corrected chi connectivity index (χ4v) is 3.77. The van der Waals surface area contributed by atoms with Crippen LogP contribution in [0.2, 0.25) is 0 Å². The normalized spacial score (nSPS) is 18.9. The summed E-state index contributed by atoms with van der Waals surface area (Å²) in [6.07, 6.45) is 4.21. The van der Waals surface area contributed by atoms with Gasteiger partial charge >= 0.3 is 0 Å². The third-order valence-electron chi connectivity index (χ3n) is 5.44. The number of aromatic nitrogens is 2. The zero-order valence-corrected chi connectivity index (χ0v) is 15.7. The van der Waals surface area contributed by atoms with E-state index in [-0.39, 0.29) is 36.1 Å². The van der Waals surface area contributed by atoms with Gasteiger partial charge in [0, 0.05) is 31.1 Å². The highest BCUT2D eigenvalue weighted by Crippen LogP contribution is 2.26. The van der Waals surface area contributed by atoms with Crippen molar-refractivity contribution in [2.24, 2.45) is 5.92 Å². The summed E-state index contributed by atoms with van der Waals surface area (Å²) < 4.78 is 19.1. The summed E-state index contributed by atoms with van der Waals surface area (Å²) in [5.41, 5.74) is 2.72. The summed E-state index contributed by atoms with van der Waals surface area (Å²) in [6, 6.07) is 4.73. The predicted octanol–water partition coefficient (Wildman–Crippen LogP) is 1.37. The lowest BCUT2D eigenvalue weighted by Gasteiger charge is -2.41. The molecule has 0 bridgehead atoms. The van der Waals surface area contributed by atoms with Gasteiger partial charge in [-0.2, -0.15) is 5.10 Å². The van der Waals surface area contributed by atoms with Gasteiger partial charge in [0.15, 0.2) is 18.2 Å². The molecule has 1 fully saturated rings. The Labute approximate surface area is 162 Å². The van der Waals surface area contributed by atoms with Crippen molar-refractivity contribution in [1.82, 2.24) is 20.4 Å². The first-order valence-electron chi connectivity index (χ1n) is 9.48. The molecule has 1 aliphatic heterocycles. The van der Waals surface area contributed by atoms with Crippen molar-refractivity contribution in [3.8, 4) is 5.75 Å². The molecule has 7 nitrogen and oxygen atoms in total. The quantitative estimate of drug-likeness (QED) is 0.813. The molecule has 8 heteroatoms. The molecule has 2 aromatic rings. The summed E-state index contributed by atoms with van der Waals surface area (Å²) in [7, 11) is 0. The van der Waals surface area contributed by atoms with Crippen molar-refractivity contribution < 1.29 is 18.7 Å². The van der Waals surface area contributed by atoms with Crippen molar-refractivity contribution in [1.29, 1.82) is 0 Å². The Kier molecular flexibility index (Phi) is 5.02. The number of aromatic amines is 1. The molecule has 0 radical (unpaired) electrons. The van der Waals surface area contributed by atoms with Crippen LogP contribution >= 0.6 is 0 Å². The molecule has 2 N–H and O–H groups in total. The number of hydrogen-bond acceptors (Lipinski definition) is 4. The van der Waals surface area contributed by atoms with Gasteiger partial charge < -0.3 is 15.0 Å². The maximum absolute atomic E-state index is 13.9. The zero-order valence-electron chi connectivity index (χ0n) is 15.7. The van der Waals surface area contributed by atoms with Crippen molar-refractivity contribution in [2.75, 3.05) is 19.7 Å². The predicted molar refractivity (Wildman–Crippen MR) is 99.2 cm³/mol. The number of amides is 2. The minimum absolute atomic E-state index is 0.0303. The molecule has 0 saturated carbocycles. The average Bonchev–Trinajstić information content (AvgIpc) is 3.12. The average molecular weight is 386 g/mol. The maximum Gasteiger partial charge on any atom is 0.258 e. The molecule has 148 valence electrons. The number of fused-ring (bicyclic) bond motifs is 1. The zero-order chi connectivity index (χ0) is 19.7. The second kappa shape index (κ2) is 7.61. The number of halogens is 1. The van der Waals surface area contributed by atoms with E-state index in [1.54, 1.807) is 24.0 Å². The Balaban J connectivity index is 1.21. The second-order valence-electron chi connectivity index (χ2n) is 7.50. The summed E-state index contributed by atoms with van der Waals surface area (Å²) >= 11 is 0. The van der Waals surface area contributed by atoms with Gasteiger partial charge in [0.1, 0.15) is 0 Å². The largest absolute Gasteiger partial charge is 0.481 e. The molecule has 1 aromatic carbocycles. The summed E-state index contributed by atoms with van der Waals surface area (Å²) in [4.78, 5) is 26.4. The van der Waals surface area contributed by atoms with Crippen LogP contribution < -0.4 is 10.1 Å². The topological polar surface area (TPSA) is 87.3 Å². The van der Waals surface area contributed by atoms with Gasteiger partial charge in [-0.3, -0.25) is 14.7 Å². The van der Waals surface area contributed by atoms with Gasteiger partial charge in [-0.15, -0.1) is 0 Å². The molecule has 1 aliphatic carbocycles. The lowest BCUT2D eigenvalue weighted by molar-refractivity contribution is -0.142. The number of nitrogens with zero attached hydrogens (tertiary/aromatic N) is 2. The lowest BCUT2D eigenvalue weighted by atomic mass is 9.86. The number of nitrogens with one attached hydrogen (secondary N) is 2. The first-order valence-corrected chi connectivity index (χ1v) is 9.48. The van der Waals surface area contributed by atoms with Gasteiger partial charge in [-0.25, -0.2) is 4.39 Å². The number of ether oxygens (including phenoxy) is 1. The number of H-pyrrole nitrogens is 1. The maximum atomic E-state index is 13.9. The van der Waals surface area contributed by atoms with Crippen LogP contribution in [0.3, 0.4) is 0 Å². The molecule has 1 aromatic heterocycles. The van der Waals surface area contributed by atoms with Crippen LogP contribution in [0.1, 0.15) is 23.2 Å². The Morgan fingerprint density at radius 2 is 2.21 bits per heavy atom. The van der Waals surface area contributed by atoms with Gasteiger partial charge in [-0.1, -0.05) is 12.1 Å². The number of likely N-dealkylation sites (tertiary alicyclic amines) is 1. The molecule has 28 heavy (non-hydrogen) atoms. The third-order valence-corrected chi connectivity index (χ3v) is 5.44. The minimum atomic E-state index is -0.455. The molecular formula is C20H23FN4O3. The number of hydrogen-bond donors (Lipinski definition) is 2. The van der Waals surface area contributed by atoms with Crippen LogP contribution in [0.15, 0.2) is 24.4 Å². The van der Waals surface area contributed by atoms with E-state index < -0.39 is 5.82 Å². The molecule has 2 aliphatic rings. The lowest BCUT2D eigenvalue weighted by Crippen LogP contribution is -2.62. The van der Waals surface area contributed by atoms with Crippen LogP contribution in [0.5, 0.6) is 5.75 Å². The molecule has 1 saturated heterocycles. The fraction of sp³-hybridized carbons (Fsp3) is 0.450. The fourth-order valence-electron chi connectivity index (χ4n) is 3.77. The van der Waals surface area contributed by atoms with Crippen molar-refractivity contribution in [3.63, 3.8) is 0 Å². The highest BCUT2D eigenvalue weighted by Gasteiger charge is 2.36. The van der Waals surface area contributed by atoms with E-state index in [0.29, 0.717) is 25.1 Å². The van der Waals surface area contributed by atoms with E-state index in [4.69, 9.17) is 4.74 Å². The number of carbonyl (C=O) groups is 2. The van der Waals surface area contributed by atoms with Gasteiger partial charge in [0.25, 0.3) is 5.91 Å². The third kappa shape index (κ3) is 3.72. The number of benzene rings is 1. The van der Waals surface area contributed by atoms with Crippen LogP contribution in [0.25, 0.3) is 0 Å². The molecule has 2 amide bonds. The standard InChI is InChI=1S/C20H23FN4O3/c1-12-3-2-4-17(19(12)21)28-11-18(26)23-15-9-25(10-15)20(27)13-5-6-14-8-22-24-16(14)7-13/h2-4,8,13,15H,5-7,9-11H2,1H3,(H,22,24)(H,23,26). The van der Waals surface area contributed by atoms with E-state index in [0.717, 1.165) is 18.5 Å². The van der Waals surface area contributed by atoms with Crippen molar-refractivity contribution in [3.05, 3.63) is 47.0 Å². The van der Waals surface area contributed by atoms with Gasteiger partial charge in [0.05, 0.1) is 12.2 Å². The highest BCUT2D eigenvalue weighted by atomic mass is 19.1. The van der Waals surface area contributed by atoms with E-state index >= 15 is 0 Å². The summed E-state index contributed by atoms with van der Waals surface area (Å²) in [5.74, 6) is -0.613. The van der Waals surface area contributed by atoms with Crippen molar-refractivity contribution in [2.45, 2.75) is 32.2 Å². The Morgan fingerprint density at radius 3 is 3.04 bits per heavy atom. The number of rotatable bonds is 5. The summed E-state index contributed by atoms with van der Waals surface area (Å²) in [6.45, 7) is 2.38. The van der Waals surface area contributed by atoms with Crippen LogP contribution in [-0.2, 0) is 22.4 Å². The van der Waals surface area contributed by atoms with Crippen LogP contribution in [0.4, 0.5) is 4.39 Å². The van der Waals surface area contributed by atoms with Gasteiger partial charge in [0.2, 0.25) is 5.91 Å². The summed E-state index contributed by atoms with van der Waals surface area (Å²) in [5, 5.41) is 9.83. The smallest absolute Gasteiger partial charge is 0.258 e. The van der Waals surface area contributed by atoms with E-state index in [1.807, 2.05) is 6.20 Å². The first kappa shape index (κ1) is 18.5. The number of carbonyl (C=O) groups excluding carboxylic acids is 2. The Morgan fingerprint density at radius 1 is 1.39 bits per heavy atom.